The minimum atomic E-state index is -1.36. The Hall–Kier alpha value is -2.41. The third-order valence-electron chi connectivity index (χ3n) is 6.52. The van der Waals surface area contributed by atoms with Crippen LogP contribution in [-0.2, 0) is 19.1 Å². The maximum atomic E-state index is 13.0. The highest BCUT2D eigenvalue weighted by Gasteiger charge is 2.71. The molecule has 0 amide bonds. The fraction of sp³-hybridized carbons (Fsp3) is 0.550. The SMILES string of the molecule is C/C(=C\C=C\[C@]1(C)OC(=O)[C@@]23CC=C(C(=O)O)CC[C@@]2(O)[C@@H]1CC3)C(=O)O. The second-order valence-electron chi connectivity index (χ2n) is 7.92. The normalized spacial score (nSPS) is 38.8. The zero-order valence-electron chi connectivity index (χ0n) is 15.4. The fourth-order valence-corrected chi connectivity index (χ4v) is 4.89. The van der Waals surface area contributed by atoms with E-state index in [-0.39, 0.29) is 36.3 Å². The molecule has 0 spiro atoms. The molecule has 1 heterocycles. The maximum absolute atomic E-state index is 13.0. The Balaban J connectivity index is 1.97. The lowest BCUT2D eigenvalue weighted by Gasteiger charge is -2.52. The van der Waals surface area contributed by atoms with E-state index >= 15 is 0 Å². The highest BCUT2D eigenvalue weighted by molar-refractivity contribution is 5.88. The van der Waals surface area contributed by atoms with E-state index in [1.54, 1.807) is 19.1 Å². The second kappa shape index (κ2) is 6.34. The van der Waals surface area contributed by atoms with Crippen molar-refractivity contribution in [3.8, 4) is 0 Å². The van der Waals surface area contributed by atoms with E-state index in [1.807, 2.05) is 0 Å². The Morgan fingerprint density at radius 3 is 2.63 bits per heavy atom. The Labute approximate surface area is 157 Å². The van der Waals surface area contributed by atoms with E-state index in [0.717, 1.165) is 0 Å². The molecule has 0 aromatic carbocycles. The van der Waals surface area contributed by atoms with E-state index in [0.29, 0.717) is 12.8 Å². The standard InChI is InChI=1S/C20H24O7/c1-12(15(21)22)4-3-8-18(2)14-7-10-19(17(25)27-18)9-5-13(16(23)24)6-11-20(14,19)26/h3-5,8,14,26H,6-7,9-11H2,1-2H3,(H,21,22)(H,23,24)/b8-3+,12-4+/t14-,18+,19+,20-/m1/s1. The summed E-state index contributed by atoms with van der Waals surface area (Å²) in [5, 5.41) is 29.8. The maximum Gasteiger partial charge on any atom is 0.331 e. The van der Waals surface area contributed by atoms with Gasteiger partial charge in [0, 0.05) is 17.1 Å². The fourth-order valence-electron chi connectivity index (χ4n) is 4.89. The number of allylic oxidation sites excluding steroid dienone is 3. The molecule has 27 heavy (non-hydrogen) atoms. The molecule has 2 bridgehead atoms. The number of carboxylic acids is 2. The third kappa shape index (κ3) is 2.81. The number of carbonyl (C=O) groups excluding carboxylic acids is 1. The van der Waals surface area contributed by atoms with Crippen LogP contribution in [0.2, 0.25) is 0 Å². The van der Waals surface area contributed by atoms with Gasteiger partial charge in [-0.2, -0.15) is 0 Å². The molecule has 3 aliphatic rings. The van der Waals surface area contributed by atoms with E-state index < -0.39 is 34.5 Å². The van der Waals surface area contributed by atoms with Crippen molar-refractivity contribution in [2.45, 2.75) is 57.2 Å². The van der Waals surface area contributed by atoms with E-state index in [4.69, 9.17) is 9.84 Å². The van der Waals surface area contributed by atoms with Gasteiger partial charge in [0.15, 0.2) is 0 Å². The molecule has 7 heteroatoms. The van der Waals surface area contributed by atoms with Crippen LogP contribution in [0.3, 0.4) is 0 Å². The number of hydrogen-bond donors (Lipinski definition) is 3. The smallest absolute Gasteiger partial charge is 0.331 e. The lowest BCUT2D eigenvalue weighted by atomic mass is 9.62. The molecule has 1 saturated heterocycles. The van der Waals surface area contributed by atoms with Gasteiger partial charge in [-0.3, -0.25) is 4.79 Å². The molecule has 1 aliphatic heterocycles. The predicted molar refractivity (Wildman–Crippen MR) is 94.7 cm³/mol. The van der Waals surface area contributed by atoms with Gasteiger partial charge in [-0.1, -0.05) is 18.2 Å². The van der Waals surface area contributed by atoms with Crippen LogP contribution in [0.4, 0.5) is 0 Å². The van der Waals surface area contributed by atoms with Crippen molar-refractivity contribution in [1.82, 2.24) is 0 Å². The Morgan fingerprint density at radius 2 is 2.00 bits per heavy atom. The summed E-state index contributed by atoms with van der Waals surface area (Å²) in [6, 6.07) is 0. The van der Waals surface area contributed by atoms with Crippen molar-refractivity contribution in [2.75, 3.05) is 0 Å². The molecule has 7 nitrogen and oxygen atoms in total. The predicted octanol–water partition coefficient (Wildman–Crippen LogP) is 2.21. The number of aliphatic carboxylic acids is 2. The summed E-state index contributed by atoms with van der Waals surface area (Å²) in [7, 11) is 0. The Kier molecular flexibility index (Phi) is 4.54. The lowest BCUT2D eigenvalue weighted by Crippen LogP contribution is -2.63. The van der Waals surface area contributed by atoms with Crippen molar-refractivity contribution >= 4 is 17.9 Å². The van der Waals surface area contributed by atoms with E-state index in [1.165, 1.54) is 19.1 Å². The first kappa shape index (κ1) is 19.4. The second-order valence-corrected chi connectivity index (χ2v) is 7.92. The first-order chi connectivity index (χ1) is 12.6. The van der Waals surface area contributed by atoms with Gasteiger partial charge in [0.25, 0.3) is 0 Å². The molecular weight excluding hydrogens is 352 g/mol. The molecule has 2 aliphatic carbocycles. The quantitative estimate of drug-likeness (QED) is 0.391. The van der Waals surface area contributed by atoms with Gasteiger partial charge in [0.2, 0.25) is 0 Å². The van der Waals surface area contributed by atoms with Crippen molar-refractivity contribution in [1.29, 1.82) is 0 Å². The van der Waals surface area contributed by atoms with Crippen molar-refractivity contribution in [2.24, 2.45) is 11.3 Å². The lowest BCUT2D eigenvalue weighted by molar-refractivity contribution is -0.224. The van der Waals surface area contributed by atoms with E-state index in [9.17, 15) is 24.6 Å². The molecule has 3 rings (SSSR count). The molecule has 146 valence electrons. The van der Waals surface area contributed by atoms with Crippen LogP contribution in [-0.4, -0.2) is 44.4 Å². The molecule has 0 radical (unpaired) electrons. The number of carboxylic acid groups (broad SMARTS) is 2. The summed E-state index contributed by atoms with van der Waals surface area (Å²) in [6.45, 7) is 3.17. The van der Waals surface area contributed by atoms with Crippen LogP contribution in [0.25, 0.3) is 0 Å². The van der Waals surface area contributed by atoms with Crippen LogP contribution in [0, 0.1) is 11.3 Å². The van der Waals surface area contributed by atoms with Crippen LogP contribution in [0.1, 0.15) is 46.0 Å². The van der Waals surface area contributed by atoms with Crippen LogP contribution in [0.5, 0.6) is 0 Å². The van der Waals surface area contributed by atoms with Gasteiger partial charge in [-0.25, -0.2) is 9.59 Å². The number of rotatable bonds is 4. The number of hydrogen-bond acceptors (Lipinski definition) is 5. The third-order valence-corrected chi connectivity index (χ3v) is 6.52. The summed E-state index contributed by atoms with van der Waals surface area (Å²) in [6.07, 6.45) is 7.63. The van der Waals surface area contributed by atoms with Gasteiger partial charge >= 0.3 is 17.9 Å². The van der Waals surface area contributed by atoms with Gasteiger partial charge in [0.1, 0.15) is 11.0 Å². The first-order valence-corrected chi connectivity index (χ1v) is 9.03. The summed E-state index contributed by atoms with van der Waals surface area (Å²) in [4.78, 5) is 35.2. The molecule has 4 atom stereocenters. The highest BCUT2D eigenvalue weighted by atomic mass is 16.6. The molecule has 0 aromatic rings. The summed E-state index contributed by atoms with van der Waals surface area (Å²) < 4.78 is 5.74. The zero-order chi connectivity index (χ0) is 20.0. The Morgan fingerprint density at radius 1 is 1.30 bits per heavy atom. The number of esters is 1. The number of carbonyl (C=O) groups is 3. The topological polar surface area (TPSA) is 121 Å². The molecule has 0 aromatic heterocycles. The molecule has 2 fully saturated rings. The number of aliphatic hydroxyl groups is 1. The number of ether oxygens (including phenoxy) is 1. The van der Waals surface area contributed by atoms with Crippen LogP contribution in [0.15, 0.2) is 35.5 Å². The van der Waals surface area contributed by atoms with Crippen molar-refractivity contribution in [3.05, 3.63) is 35.5 Å². The Bertz CT molecular complexity index is 792. The zero-order valence-corrected chi connectivity index (χ0v) is 15.4. The minimum absolute atomic E-state index is 0.140. The van der Waals surface area contributed by atoms with Gasteiger partial charge < -0.3 is 20.1 Å². The largest absolute Gasteiger partial charge is 0.478 e. The van der Waals surface area contributed by atoms with Crippen LogP contribution >= 0.6 is 0 Å². The van der Waals surface area contributed by atoms with Crippen LogP contribution < -0.4 is 0 Å². The average Bonchev–Trinajstić information content (AvgIpc) is 2.70. The summed E-state index contributed by atoms with van der Waals surface area (Å²) >= 11 is 0. The number of cyclic esters (lactones) is 1. The first-order valence-electron chi connectivity index (χ1n) is 9.03. The van der Waals surface area contributed by atoms with Gasteiger partial charge in [0.05, 0.1) is 5.60 Å². The molecule has 3 N–H and O–H groups in total. The summed E-state index contributed by atoms with van der Waals surface area (Å²) in [5.74, 6) is -2.98. The molecule has 1 saturated carbocycles. The van der Waals surface area contributed by atoms with Gasteiger partial charge in [-0.15, -0.1) is 0 Å². The van der Waals surface area contributed by atoms with Crippen molar-refractivity contribution < 1.29 is 34.4 Å². The van der Waals surface area contributed by atoms with Crippen molar-refractivity contribution in [3.63, 3.8) is 0 Å². The van der Waals surface area contributed by atoms with E-state index in [2.05, 4.69) is 0 Å². The minimum Gasteiger partial charge on any atom is -0.478 e. The summed E-state index contributed by atoms with van der Waals surface area (Å²) in [5.41, 5.74) is -3.21. The molecular formula is C20H24O7. The highest BCUT2D eigenvalue weighted by Crippen LogP contribution is 2.63. The monoisotopic (exact) mass is 376 g/mol. The van der Waals surface area contributed by atoms with Gasteiger partial charge in [-0.05, 0) is 52.0 Å². The molecule has 0 unspecified atom stereocenters. The average molecular weight is 376 g/mol.